The molecular weight excluding hydrogens is 963 g/mol. The summed E-state index contributed by atoms with van der Waals surface area (Å²) in [6, 6.07) is 61.3. The standard InChI is InChI=1S/C73H65N5O/c1-71(2,3)46-48-37-38-74-68(39-48)78-63-34-18-15-29-60(63)69-66(77-61-32-16-13-27-58(61)59-28-14-17-33-62(59)77)44-55(45-67(69)78)79-54-26-21-25-53(43-54)75-47-76(65-36-20-19-35-64(65)75)70-56(49-23-11-10-12-24-49)30-22-31-57(70)50-40-51(72(4,5)6)42-52(41-50)73(7,8)9/h10-45H,46H2,1-9H3/i10D,11D,12D,23D,24D. The third-order valence-corrected chi connectivity index (χ3v) is 15.2. The van der Waals surface area contributed by atoms with Gasteiger partial charge in [-0.05, 0) is 110 Å². The number of imidazole rings is 1. The number of para-hydroxylation sites is 6. The average Bonchev–Trinajstić information content (AvgIpc) is 1.64. The Bertz CT molecular complexity index is 4700. The normalized spacial score (nSPS) is 13.3. The molecule has 6 nitrogen and oxygen atoms in total. The molecule has 0 amide bonds. The van der Waals surface area contributed by atoms with Gasteiger partial charge in [-0.15, -0.1) is 0 Å². The van der Waals surface area contributed by atoms with Crippen LogP contribution in [0.5, 0.6) is 11.5 Å². The summed E-state index contributed by atoms with van der Waals surface area (Å²) in [6.07, 6.45) is 6.57. The monoisotopic (exact) mass is 1030 g/mol. The third kappa shape index (κ3) is 8.95. The van der Waals surface area contributed by atoms with E-state index in [1.807, 2.05) is 69.9 Å². The number of hydrogen-bond donors (Lipinski definition) is 0. The van der Waals surface area contributed by atoms with Gasteiger partial charge in [0.15, 0.2) is 0 Å². The lowest BCUT2D eigenvalue weighted by molar-refractivity contribution is -0.571. The Labute approximate surface area is 470 Å². The van der Waals surface area contributed by atoms with Crippen LogP contribution in [0.1, 0.15) is 85.9 Å². The molecule has 0 radical (unpaired) electrons. The van der Waals surface area contributed by atoms with Crippen molar-refractivity contribution in [3.63, 3.8) is 0 Å². The van der Waals surface area contributed by atoms with Gasteiger partial charge in [0, 0.05) is 39.9 Å². The van der Waals surface area contributed by atoms with Crippen molar-refractivity contribution in [2.75, 3.05) is 0 Å². The molecule has 0 unspecified atom stereocenters. The molecule has 0 bridgehead atoms. The van der Waals surface area contributed by atoms with Crippen molar-refractivity contribution in [3.05, 3.63) is 241 Å². The maximum absolute atomic E-state index is 9.33. The Balaban J connectivity index is 1.03. The fraction of sp³-hybridized carbons (Fsp3) is 0.178. The van der Waals surface area contributed by atoms with E-state index in [0.29, 0.717) is 22.7 Å². The zero-order valence-electron chi connectivity index (χ0n) is 51.2. The molecule has 0 saturated heterocycles. The molecule has 0 aliphatic rings. The molecular formula is C73H65N5O. The average molecular weight is 1030 g/mol. The van der Waals surface area contributed by atoms with Gasteiger partial charge in [-0.3, -0.25) is 13.7 Å². The van der Waals surface area contributed by atoms with E-state index in [0.717, 1.165) is 101 Å². The summed E-state index contributed by atoms with van der Waals surface area (Å²) in [5, 5.41) is 4.48. The van der Waals surface area contributed by atoms with E-state index in [1.165, 1.54) is 5.56 Å². The van der Waals surface area contributed by atoms with Crippen molar-refractivity contribution in [1.82, 2.24) is 18.7 Å². The van der Waals surface area contributed by atoms with E-state index in [2.05, 4.69) is 205 Å². The first-order valence-corrected chi connectivity index (χ1v) is 27.2. The van der Waals surface area contributed by atoms with Gasteiger partial charge in [0.25, 0.3) is 6.33 Å². The van der Waals surface area contributed by atoms with Crippen molar-refractivity contribution in [1.29, 1.82) is 0 Å². The Morgan fingerprint density at radius 3 is 1.77 bits per heavy atom. The van der Waals surface area contributed by atoms with Crippen LogP contribution in [0.25, 0.3) is 99.8 Å². The molecule has 388 valence electrons. The van der Waals surface area contributed by atoms with E-state index in [4.69, 9.17) is 13.8 Å². The first kappa shape index (κ1) is 44.0. The van der Waals surface area contributed by atoms with Gasteiger partial charge in [-0.1, -0.05) is 214 Å². The quantitative estimate of drug-likeness (QED) is 0.107. The molecule has 79 heavy (non-hydrogen) atoms. The fourth-order valence-electron chi connectivity index (χ4n) is 11.5. The van der Waals surface area contributed by atoms with Crippen LogP contribution in [0.2, 0.25) is 0 Å². The first-order chi connectivity index (χ1) is 40.1. The van der Waals surface area contributed by atoms with Gasteiger partial charge >= 0.3 is 0 Å². The molecule has 4 heterocycles. The first-order valence-electron chi connectivity index (χ1n) is 29.7. The van der Waals surface area contributed by atoms with Crippen LogP contribution in [0.3, 0.4) is 0 Å². The highest BCUT2D eigenvalue weighted by Gasteiger charge is 2.26. The van der Waals surface area contributed by atoms with Gasteiger partial charge in [0.05, 0.1) is 57.0 Å². The highest BCUT2D eigenvalue weighted by Crippen LogP contribution is 2.44. The SMILES string of the molecule is [2H]c1c([2H])c([2H])c(-c2cccc(-c3cc(C(C)(C)C)cc(C(C)(C)C)c3)c2-[n+]2[c-]n(-c3cccc(Oc4cc(-n5c6ccccc6c6ccccc65)c5c6ccccc6n(-c6cc(CC(C)(C)C)ccn6)c5c4)c3)c3ccccc32)c([2H])c1[2H]. The number of pyridine rings is 1. The lowest BCUT2D eigenvalue weighted by atomic mass is 9.78. The smallest absolute Gasteiger partial charge is 0.269 e. The summed E-state index contributed by atoms with van der Waals surface area (Å²) in [4.78, 5) is 5.07. The van der Waals surface area contributed by atoms with Gasteiger partial charge in [-0.2, -0.15) is 0 Å². The van der Waals surface area contributed by atoms with Crippen molar-refractivity contribution in [2.24, 2.45) is 5.41 Å². The summed E-state index contributed by atoms with van der Waals surface area (Å²) < 4.78 is 60.8. The van der Waals surface area contributed by atoms with Crippen molar-refractivity contribution < 1.29 is 16.2 Å². The number of aromatic nitrogens is 5. The highest BCUT2D eigenvalue weighted by molar-refractivity contribution is 6.16. The predicted molar refractivity (Wildman–Crippen MR) is 328 cm³/mol. The molecule has 0 aliphatic heterocycles. The topological polar surface area (TPSA) is 40.8 Å². The zero-order chi connectivity index (χ0) is 58.7. The van der Waals surface area contributed by atoms with Gasteiger partial charge in [0.1, 0.15) is 17.3 Å². The largest absolute Gasteiger partial charge is 0.458 e. The highest BCUT2D eigenvalue weighted by atomic mass is 16.5. The summed E-state index contributed by atoms with van der Waals surface area (Å²) in [5.74, 6) is 2.05. The van der Waals surface area contributed by atoms with E-state index < -0.39 is 18.1 Å². The minimum atomic E-state index is -0.444. The van der Waals surface area contributed by atoms with E-state index >= 15 is 0 Å². The third-order valence-electron chi connectivity index (χ3n) is 15.2. The number of rotatable bonds is 9. The second-order valence-electron chi connectivity index (χ2n) is 24.2. The predicted octanol–water partition coefficient (Wildman–Crippen LogP) is 18.6. The van der Waals surface area contributed by atoms with E-state index in [-0.39, 0.29) is 33.9 Å². The molecule has 4 aromatic heterocycles. The van der Waals surface area contributed by atoms with E-state index in [1.54, 1.807) is 0 Å². The van der Waals surface area contributed by atoms with Gasteiger partial charge in [0.2, 0.25) is 0 Å². The molecule has 0 atom stereocenters. The van der Waals surface area contributed by atoms with Crippen LogP contribution >= 0.6 is 0 Å². The van der Waals surface area contributed by atoms with Crippen LogP contribution in [-0.2, 0) is 17.3 Å². The molecule has 0 spiro atoms. The molecule has 13 rings (SSSR count). The molecule has 9 aromatic carbocycles. The number of nitrogens with zero attached hydrogens (tertiary/aromatic N) is 5. The van der Waals surface area contributed by atoms with E-state index in [9.17, 15) is 2.74 Å². The minimum Gasteiger partial charge on any atom is -0.458 e. The Kier molecular flexibility index (Phi) is 10.5. The minimum absolute atomic E-state index is 0.0698. The maximum Gasteiger partial charge on any atom is 0.269 e. The van der Waals surface area contributed by atoms with Crippen LogP contribution in [0.15, 0.2) is 218 Å². The van der Waals surface area contributed by atoms with Crippen LogP contribution in [0, 0.1) is 11.7 Å². The molecule has 13 aromatic rings. The summed E-state index contributed by atoms with van der Waals surface area (Å²) in [7, 11) is 0. The molecule has 0 aliphatic carbocycles. The molecule has 6 heteroatoms. The summed E-state index contributed by atoms with van der Waals surface area (Å²) >= 11 is 0. The summed E-state index contributed by atoms with van der Waals surface area (Å²) in [6.45, 7) is 20.1. The van der Waals surface area contributed by atoms with Crippen molar-refractivity contribution >= 4 is 54.6 Å². The number of benzene rings is 9. The maximum atomic E-state index is 9.33. The molecule has 0 saturated carbocycles. The van der Waals surface area contributed by atoms with Gasteiger partial charge in [-0.25, -0.2) is 4.98 Å². The number of fused-ring (bicyclic) bond motifs is 7. The van der Waals surface area contributed by atoms with Crippen LogP contribution in [-0.4, -0.2) is 18.7 Å². The Hall–Kier alpha value is -9.00. The fourth-order valence-corrected chi connectivity index (χ4v) is 11.5. The molecule has 0 fully saturated rings. The number of hydrogen-bond acceptors (Lipinski definition) is 2. The zero-order valence-corrected chi connectivity index (χ0v) is 46.2. The van der Waals surface area contributed by atoms with Crippen LogP contribution < -0.4 is 9.30 Å². The Morgan fingerprint density at radius 2 is 1.11 bits per heavy atom. The Morgan fingerprint density at radius 1 is 0.519 bits per heavy atom. The summed E-state index contributed by atoms with van der Waals surface area (Å²) in [5.41, 5.74) is 13.7. The lowest BCUT2D eigenvalue weighted by Crippen LogP contribution is -2.31. The lowest BCUT2D eigenvalue weighted by Gasteiger charge is -2.27. The van der Waals surface area contributed by atoms with Gasteiger partial charge < -0.3 is 9.30 Å². The second kappa shape index (κ2) is 18.9. The number of ether oxygens (including phenoxy) is 1. The molecule has 0 N–H and O–H groups in total. The van der Waals surface area contributed by atoms with Crippen molar-refractivity contribution in [2.45, 2.75) is 79.6 Å². The second-order valence-corrected chi connectivity index (χ2v) is 24.2. The van der Waals surface area contributed by atoms with Crippen molar-refractivity contribution in [3.8, 4) is 56.6 Å². The van der Waals surface area contributed by atoms with Crippen LogP contribution in [0.4, 0.5) is 0 Å².